The van der Waals surface area contributed by atoms with Gasteiger partial charge in [0.2, 0.25) is 5.88 Å². The number of hydrogen-bond acceptors (Lipinski definition) is 8. The summed E-state index contributed by atoms with van der Waals surface area (Å²) in [6, 6.07) is 6.32. The number of hydrogen-bond donors (Lipinski definition) is 1. The highest BCUT2D eigenvalue weighted by Gasteiger charge is 2.44. The van der Waals surface area contributed by atoms with Gasteiger partial charge in [-0.1, -0.05) is 24.3 Å². The van der Waals surface area contributed by atoms with Crippen molar-refractivity contribution in [3.63, 3.8) is 0 Å². The van der Waals surface area contributed by atoms with E-state index in [-0.39, 0.29) is 60.8 Å². The van der Waals surface area contributed by atoms with Crippen LogP contribution in [0.3, 0.4) is 0 Å². The Morgan fingerprint density at radius 3 is 2.74 bits per heavy atom. The molecule has 2 aromatic rings. The monoisotopic (exact) mass is 456 g/mol. The first-order valence-electron chi connectivity index (χ1n) is 9.21. The number of halogens is 3. The van der Waals surface area contributed by atoms with E-state index in [9.17, 15) is 13.6 Å². The molecular weight excluding hydrogens is 434 g/mol. The van der Waals surface area contributed by atoms with Crippen molar-refractivity contribution in [1.29, 1.82) is 0 Å². The van der Waals surface area contributed by atoms with Crippen LogP contribution in [0.5, 0.6) is 5.88 Å². The second-order valence-electron chi connectivity index (χ2n) is 6.70. The van der Waals surface area contributed by atoms with Crippen molar-refractivity contribution >= 4 is 24.0 Å². The van der Waals surface area contributed by atoms with Crippen molar-refractivity contribution in [2.75, 3.05) is 33.5 Å². The number of benzene rings is 1. The van der Waals surface area contributed by atoms with Crippen LogP contribution in [0.15, 0.2) is 41.7 Å². The second kappa shape index (κ2) is 11.1. The maximum absolute atomic E-state index is 13.9. The van der Waals surface area contributed by atoms with Gasteiger partial charge in [0.1, 0.15) is 24.7 Å². The fourth-order valence-electron chi connectivity index (χ4n) is 3.01. The Bertz CT molecular complexity index is 914. The van der Waals surface area contributed by atoms with Crippen LogP contribution >= 0.6 is 12.4 Å². The summed E-state index contributed by atoms with van der Waals surface area (Å²) in [7, 11) is 1.55. The van der Waals surface area contributed by atoms with Crippen LogP contribution in [0.25, 0.3) is 0 Å². The molecule has 0 saturated heterocycles. The number of carbonyl (C=O) groups is 1. The van der Waals surface area contributed by atoms with Crippen molar-refractivity contribution in [2.24, 2.45) is 10.7 Å². The van der Waals surface area contributed by atoms with Gasteiger partial charge in [0.15, 0.2) is 11.3 Å². The molecule has 0 radical (unpaired) electrons. The van der Waals surface area contributed by atoms with Gasteiger partial charge in [-0.25, -0.2) is 18.7 Å². The van der Waals surface area contributed by atoms with E-state index >= 15 is 0 Å². The number of aliphatic imine (C=N–C) groups is 1. The predicted molar refractivity (Wildman–Crippen MR) is 111 cm³/mol. The maximum Gasteiger partial charge on any atom is 0.269 e. The Kier molecular flexibility index (Phi) is 8.78. The van der Waals surface area contributed by atoms with Gasteiger partial charge >= 0.3 is 0 Å². The lowest BCUT2D eigenvalue weighted by atomic mass is 9.89. The molecule has 3 rings (SSSR count). The zero-order valence-corrected chi connectivity index (χ0v) is 17.6. The zero-order chi connectivity index (χ0) is 21.6. The standard InChI is InChI=1S/C20H22F2N4O4.ClH/c1-28-5-6-30-18-10-24-15(9-25-18)16(27)8-13-3-2-4-14(7-13)20(19(21)22)12-29-11-17(23)26-20;/h2-4,7,9-10,19H,5-6,8,11-12H2,1H3,(H2,23,26);1H. The highest BCUT2D eigenvalue weighted by atomic mass is 35.5. The van der Waals surface area contributed by atoms with E-state index in [4.69, 9.17) is 19.9 Å². The molecule has 0 bridgehead atoms. The number of Topliss-reactive ketones (excluding diaryl/α,β-unsaturated/α-hetero) is 1. The van der Waals surface area contributed by atoms with Gasteiger partial charge in [-0.2, -0.15) is 0 Å². The fraction of sp³-hybridized carbons (Fsp3) is 0.400. The highest BCUT2D eigenvalue weighted by Crippen LogP contribution is 2.35. The molecular formula is C20H23ClF2N4O4. The number of carbonyl (C=O) groups excluding carboxylic acids is 1. The van der Waals surface area contributed by atoms with Crippen LogP contribution in [0.1, 0.15) is 21.6 Å². The molecule has 8 nitrogen and oxygen atoms in total. The Morgan fingerprint density at radius 1 is 1.29 bits per heavy atom. The number of ketones is 1. The molecule has 2 N–H and O–H groups in total. The minimum absolute atomic E-state index is 0. The van der Waals surface area contributed by atoms with E-state index in [0.29, 0.717) is 18.8 Å². The molecule has 0 amide bonds. The third kappa shape index (κ3) is 5.93. The summed E-state index contributed by atoms with van der Waals surface area (Å²) < 4.78 is 43.2. The van der Waals surface area contributed by atoms with Crippen LogP contribution in [-0.4, -0.2) is 61.5 Å². The maximum atomic E-state index is 13.9. The van der Waals surface area contributed by atoms with Gasteiger partial charge in [0.25, 0.3) is 6.43 Å². The predicted octanol–water partition coefficient (Wildman–Crippen LogP) is 2.20. The summed E-state index contributed by atoms with van der Waals surface area (Å²) >= 11 is 0. The number of aromatic nitrogens is 2. The topological polar surface area (TPSA) is 109 Å². The van der Waals surface area contributed by atoms with Crippen LogP contribution in [0.4, 0.5) is 8.78 Å². The minimum Gasteiger partial charge on any atom is -0.474 e. The van der Waals surface area contributed by atoms with Crippen molar-refractivity contribution in [2.45, 2.75) is 18.4 Å². The molecule has 0 saturated carbocycles. The van der Waals surface area contributed by atoms with E-state index in [1.54, 1.807) is 19.2 Å². The third-order valence-corrected chi connectivity index (χ3v) is 4.52. The van der Waals surface area contributed by atoms with Crippen LogP contribution in [0, 0.1) is 0 Å². The zero-order valence-electron chi connectivity index (χ0n) is 16.8. The first-order chi connectivity index (χ1) is 14.4. The average molecular weight is 457 g/mol. The van der Waals surface area contributed by atoms with Crippen molar-refractivity contribution in [3.05, 3.63) is 53.5 Å². The number of alkyl halides is 2. The van der Waals surface area contributed by atoms with Crippen LogP contribution in [-0.2, 0) is 21.4 Å². The van der Waals surface area contributed by atoms with Crippen molar-refractivity contribution < 1.29 is 27.8 Å². The molecule has 1 aliphatic rings. The first kappa shape index (κ1) is 24.6. The van der Waals surface area contributed by atoms with Gasteiger partial charge in [0.05, 0.1) is 25.6 Å². The summed E-state index contributed by atoms with van der Waals surface area (Å²) in [5.41, 5.74) is 4.67. The summed E-state index contributed by atoms with van der Waals surface area (Å²) in [5, 5.41) is 0. The van der Waals surface area contributed by atoms with Gasteiger partial charge in [-0.15, -0.1) is 12.4 Å². The van der Waals surface area contributed by atoms with Crippen molar-refractivity contribution in [1.82, 2.24) is 9.97 Å². The Labute approximate surface area is 184 Å². The summed E-state index contributed by atoms with van der Waals surface area (Å²) in [5.74, 6) is -0.0274. The quantitative estimate of drug-likeness (QED) is 0.455. The van der Waals surface area contributed by atoms with Crippen molar-refractivity contribution in [3.8, 4) is 5.88 Å². The molecule has 168 valence electrons. The SMILES string of the molecule is COCCOc1cnc(C(=O)Cc2cccc(C3(C(F)F)COCC(N)=N3)c2)cn1.Cl. The number of methoxy groups -OCH3 is 1. The second-order valence-corrected chi connectivity index (χ2v) is 6.70. The molecule has 2 heterocycles. The van der Waals surface area contributed by atoms with Crippen LogP contribution < -0.4 is 10.5 Å². The molecule has 0 aliphatic carbocycles. The molecule has 1 aliphatic heterocycles. The lowest BCUT2D eigenvalue weighted by molar-refractivity contribution is -0.0129. The van der Waals surface area contributed by atoms with E-state index in [2.05, 4.69) is 15.0 Å². The average Bonchev–Trinajstić information content (AvgIpc) is 2.74. The molecule has 1 unspecified atom stereocenters. The number of ether oxygens (including phenoxy) is 3. The van der Waals surface area contributed by atoms with E-state index in [1.165, 1.54) is 24.5 Å². The Balaban J connectivity index is 0.00000341. The molecule has 1 aromatic carbocycles. The number of amidine groups is 1. The van der Waals surface area contributed by atoms with Gasteiger partial charge < -0.3 is 19.9 Å². The molecule has 0 fully saturated rings. The molecule has 1 aromatic heterocycles. The van der Waals surface area contributed by atoms with Gasteiger partial charge in [-0.3, -0.25) is 9.79 Å². The van der Waals surface area contributed by atoms with E-state index in [1.807, 2.05) is 0 Å². The molecule has 11 heteroatoms. The number of rotatable bonds is 9. The van der Waals surface area contributed by atoms with E-state index in [0.717, 1.165) is 0 Å². The Morgan fingerprint density at radius 2 is 2.10 bits per heavy atom. The summed E-state index contributed by atoms with van der Waals surface area (Å²) in [6.07, 6.45) is -0.193. The third-order valence-electron chi connectivity index (χ3n) is 4.52. The highest BCUT2D eigenvalue weighted by molar-refractivity contribution is 5.95. The summed E-state index contributed by atoms with van der Waals surface area (Å²) in [4.78, 5) is 24.6. The summed E-state index contributed by atoms with van der Waals surface area (Å²) in [6.45, 7) is 0.433. The van der Waals surface area contributed by atoms with Gasteiger partial charge in [0, 0.05) is 13.5 Å². The molecule has 0 spiro atoms. The first-order valence-corrected chi connectivity index (χ1v) is 9.21. The molecule has 31 heavy (non-hydrogen) atoms. The normalized spacial score (nSPS) is 18.3. The fourth-order valence-corrected chi connectivity index (χ4v) is 3.01. The van der Waals surface area contributed by atoms with Gasteiger partial charge in [-0.05, 0) is 11.1 Å². The largest absolute Gasteiger partial charge is 0.474 e. The molecule has 1 atom stereocenters. The minimum atomic E-state index is -2.82. The van der Waals surface area contributed by atoms with E-state index < -0.39 is 12.0 Å². The number of nitrogens with zero attached hydrogens (tertiary/aromatic N) is 3. The lowest BCUT2D eigenvalue weighted by Gasteiger charge is -2.33. The Hall–Kier alpha value is -2.69. The smallest absolute Gasteiger partial charge is 0.269 e. The lowest BCUT2D eigenvalue weighted by Crippen LogP contribution is -2.44. The van der Waals surface area contributed by atoms with Crippen LogP contribution in [0.2, 0.25) is 0 Å². The number of nitrogens with two attached hydrogens (primary N) is 1.